The first-order valence-electron chi connectivity index (χ1n) is 5.01. The van der Waals surface area contributed by atoms with E-state index in [-0.39, 0.29) is 5.91 Å². The summed E-state index contributed by atoms with van der Waals surface area (Å²) in [6.45, 7) is 1.83. The van der Waals surface area contributed by atoms with Gasteiger partial charge in [-0.15, -0.1) is 0 Å². The number of nitrogens with one attached hydrogen (secondary N) is 1. The zero-order chi connectivity index (χ0) is 12.3. The second-order valence-corrected chi connectivity index (χ2v) is 3.89. The second-order valence-electron chi connectivity index (χ2n) is 3.48. The summed E-state index contributed by atoms with van der Waals surface area (Å²) in [6, 6.07) is 5.22. The number of pyridine rings is 2. The van der Waals surface area contributed by atoms with Crippen molar-refractivity contribution < 1.29 is 4.79 Å². The third-order valence-electron chi connectivity index (χ3n) is 2.24. The highest BCUT2D eigenvalue weighted by Crippen LogP contribution is 2.19. The zero-order valence-electron chi connectivity index (χ0n) is 9.14. The molecule has 0 aliphatic heterocycles. The number of halogens is 1. The molecule has 2 heterocycles. The van der Waals surface area contributed by atoms with Gasteiger partial charge in [0.15, 0.2) is 0 Å². The Hall–Kier alpha value is -1.94. The van der Waals surface area contributed by atoms with Crippen molar-refractivity contribution in [1.82, 2.24) is 9.97 Å². The highest BCUT2D eigenvalue weighted by Gasteiger charge is 2.11. The molecule has 0 aromatic carbocycles. The third-order valence-corrected chi connectivity index (χ3v) is 2.57. The van der Waals surface area contributed by atoms with Crippen molar-refractivity contribution in [1.29, 1.82) is 0 Å². The van der Waals surface area contributed by atoms with Crippen LogP contribution in [0.1, 0.15) is 16.1 Å². The minimum absolute atomic E-state index is 0.294. The smallest absolute Gasteiger partial charge is 0.274 e. The molecule has 0 saturated heterocycles. The number of anilines is 1. The predicted molar refractivity (Wildman–Crippen MR) is 66.2 cm³/mol. The molecule has 0 bridgehead atoms. The maximum absolute atomic E-state index is 11.9. The van der Waals surface area contributed by atoms with Gasteiger partial charge in [-0.2, -0.15) is 0 Å². The maximum Gasteiger partial charge on any atom is 0.274 e. The Bertz CT molecular complexity index is 557. The van der Waals surface area contributed by atoms with Crippen molar-refractivity contribution in [2.75, 3.05) is 5.32 Å². The molecule has 86 valence electrons. The van der Waals surface area contributed by atoms with Gasteiger partial charge in [0.25, 0.3) is 5.91 Å². The van der Waals surface area contributed by atoms with Crippen LogP contribution in [0.15, 0.2) is 36.8 Å². The first-order chi connectivity index (χ1) is 8.18. The molecule has 0 atom stereocenters. The summed E-state index contributed by atoms with van der Waals surface area (Å²) < 4.78 is 0. The Morgan fingerprint density at radius 3 is 2.88 bits per heavy atom. The van der Waals surface area contributed by atoms with Crippen molar-refractivity contribution in [3.8, 4) is 0 Å². The monoisotopic (exact) mass is 247 g/mol. The second kappa shape index (κ2) is 4.93. The number of nitrogens with zero attached hydrogens (tertiary/aromatic N) is 2. The van der Waals surface area contributed by atoms with Crippen LogP contribution in [0, 0.1) is 6.92 Å². The molecule has 0 unspecified atom stereocenters. The van der Waals surface area contributed by atoms with E-state index in [0.29, 0.717) is 16.4 Å². The first kappa shape index (κ1) is 11.5. The van der Waals surface area contributed by atoms with Crippen molar-refractivity contribution >= 4 is 23.2 Å². The van der Waals surface area contributed by atoms with Gasteiger partial charge in [0, 0.05) is 12.4 Å². The standard InChI is InChI=1S/C12H10ClN3O/c1-8-3-2-5-15-11(8)12(17)16-10-7-14-6-4-9(10)13/h2-7H,1H3,(H,16,17). The number of amides is 1. The van der Waals surface area contributed by atoms with E-state index in [1.165, 1.54) is 6.20 Å². The Morgan fingerprint density at radius 2 is 2.18 bits per heavy atom. The summed E-state index contributed by atoms with van der Waals surface area (Å²) in [7, 11) is 0. The number of carbonyl (C=O) groups is 1. The average Bonchev–Trinajstić information content (AvgIpc) is 2.32. The van der Waals surface area contributed by atoms with Gasteiger partial charge in [-0.25, -0.2) is 0 Å². The van der Waals surface area contributed by atoms with E-state index < -0.39 is 0 Å². The van der Waals surface area contributed by atoms with Gasteiger partial charge in [-0.3, -0.25) is 14.8 Å². The lowest BCUT2D eigenvalue weighted by Crippen LogP contribution is -2.15. The fourth-order valence-corrected chi connectivity index (χ4v) is 1.53. The number of rotatable bonds is 2. The quantitative estimate of drug-likeness (QED) is 0.888. The molecule has 0 aliphatic carbocycles. The van der Waals surface area contributed by atoms with Gasteiger partial charge in [0.05, 0.1) is 16.9 Å². The van der Waals surface area contributed by atoms with E-state index in [2.05, 4.69) is 15.3 Å². The number of hydrogen-bond acceptors (Lipinski definition) is 3. The Morgan fingerprint density at radius 1 is 1.35 bits per heavy atom. The summed E-state index contributed by atoms with van der Waals surface area (Å²) in [5.74, 6) is -0.294. The fraction of sp³-hybridized carbons (Fsp3) is 0.0833. The van der Waals surface area contributed by atoms with Gasteiger partial charge in [0.2, 0.25) is 0 Å². The van der Waals surface area contributed by atoms with E-state index >= 15 is 0 Å². The van der Waals surface area contributed by atoms with Crippen molar-refractivity contribution in [3.63, 3.8) is 0 Å². The van der Waals surface area contributed by atoms with Crippen molar-refractivity contribution in [2.45, 2.75) is 6.92 Å². The number of hydrogen-bond donors (Lipinski definition) is 1. The normalized spacial score (nSPS) is 10.0. The minimum Gasteiger partial charge on any atom is -0.318 e. The van der Waals surface area contributed by atoms with E-state index in [1.807, 2.05) is 13.0 Å². The van der Waals surface area contributed by atoms with Crippen molar-refractivity contribution in [3.05, 3.63) is 53.1 Å². The molecule has 2 rings (SSSR count). The number of aryl methyl sites for hydroxylation is 1. The summed E-state index contributed by atoms with van der Waals surface area (Å²) in [5, 5.41) is 3.12. The molecule has 1 amide bonds. The lowest BCUT2D eigenvalue weighted by atomic mass is 10.2. The van der Waals surface area contributed by atoms with E-state index in [1.54, 1.807) is 24.5 Å². The Labute approximate surface area is 104 Å². The first-order valence-corrected chi connectivity index (χ1v) is 5.39. The van der Waals surface area contributed by atoms with Gasteiger partial charge >= 0.3 is 0 Å². The Balaban J connectivity index is 2.24. The van der Waals surface area contributed by atoms with E-state index in [0.717, 1.165) is 5.56 Å². The van der Waals surface area contributed by atoms with Crippen LogP contribution in [0.25, 0.3) is 0 Å². The van der Waals surface area contributed by atoms with Crippen LogP contribution in [0.5, 0.6) is 0 Å². The molecule has 2 aromatic heterocycles. The van der Waals surface area contributed by atoms with E-state index in [9.17, 15) is 4.79 Å². The van der Waals surface area contributed by atoms with Gasteiger partial charge in [0.1, 0.15) is 5.69 Å². The van der Waals surface area contributed by atoms with Crippen LogP contribution >= 0.6 is 11.6 Å². The Kier molecular flexibility index (Phi) is 3.35. The average molecular weight is 248 g/mol. The highest BCUT2D eigenvalue weighted by atomic mass is 35.5. The van der Waals surface area contributed by atoms with Crippen LogP contribution in [0.2, 0.25) is 5.02 Å². The molecular weight excluding hydrogens is 238 g/mol. The lowest BCUT2D eigenvalue weighted by molar-refractivity contribution is 0.102. The molecule has 5 heteroatoms. The molecule has 2 aromatic rings. The summed E-state index contributed by atoms with van der Waals surface area (Å²) in [4.78, 5) is 19.9. The molecule has 0 saturated carbocycles. The van der Waals surface area contributed by atoms with Gasteiger partial charge < -0.3 is 5.32 Å². The largest absolute Gasteiger partial charge is 0.318 e. The minimum atomic E-state index is -0.294. The molecule has 0 fully saturated rings. The maximum atomic E-state index is 11.9. The third kappa shape index (κ3) is 2.60. The fourth-order valence-electron chi connectivity index (χ4n) is 1.37. The molecule has 0 radical (unpaired) electrons. The van der Waals surface area contributed by atoms with Crippen molar-refractivity contribution in [2.24, 2.45) is 0 Å². The molecular formula is C12H10ClN3O. The van der Waals surface area contributed by atoms with Gasteiger partial charge in [-0.05, 0) is 24.6 Å². The SMILES string of the molecule is Cc1cccnc1C(=O)Nc1cnccc1Cl. The topological polar surface area (TPSA) is 54.9 Å². The highest BCUT2D eigenvalue weighted by molar-refractivity contribution is 6.33. The number of aromatic nitrogens is 2. The molecule has 1 N–H and O–H groups in total. The van der Waals surface area contributed by atoms with Crippen LogP contribution < -0.4 is 5.32 Å². The van der Waals surface area contributed by atoms with E-state index in [4.69, 9.17) is 11.6 Å². The predicted octanol–water partition coefficient (Wildman–Crippen LogP) is 2.69. The molecule has 0 spiro atoms. The molecule has 17 heavy (non-hydrogen) atoms. The van der Waals surface area contributed by atoms with Crippen LogP contribution in [-0.2, 0) is 0 Å². The molecule has 0 aliphatic rings. The summed E-state index contributed by atoms with van der Waals surface area (Å²) >= 11 is 5.92. The van der Waals surface area contributed by atoms with Crippen LogP contribution in [-0.4, -0.2) is 15.9 Å². The van der Waals surface area contributed by atoms with Gasteiger partial charge in [-0.1, -0.05) is 17.7 Å². The zero-order valence-corrected chi connectivity index (χ0v) is 9.90. The van der Waals surface area contributed by atoms with Crippen LogP contribution in [0.4, 0.5) is 5.69 Å². The molecule has 4 nitrogen and oxygen atoms in total. The summed E-state index contributed by atoms with van der Waals surface area (Å²) in [6.07, 6.45) is 4.63. The summed E-state index contributed by atoms with van der Waals surface area (Å²) in [5.41, 5.74) is 1.67. The lowest BCUT2D eigenvalue weighted by Gasteiger charge is -2.07. The number of carbonyl (C=O) groups excluding carboxylic acids is 1. The van der Waals surface area contributed by atoms with Crippen LogP contribution in [0.3, 0.4) is 0 Å².